The van der Waals surface area contributed by atoms with Crippen molar-refractivity contribution in [1.29, 1.82) is 0 Å². The van der Waals surface area contributed by atoms with Gasteiger partial charge in [-0.15, -0.1) is 0 Å². The molecule has 0 spiro atoms. The average molecular weight is 242 g/mol. The molecule has 0 aromatic carbocycles. The molecule has 1 aliphatic rings. The summed E-state index contributed by atoms with van der Waals surface area (Å²) in [5, 5.41) is 15.1. The summed E-state index contributed by atoms with van der Waals surface area (Å²) in [6.45, 7) is 1.36. The lowest BCUT2D eigenvalue weighted by Gasteiger charge is -2.26. The van der Waals surface area contributed by atoms with Gasteiger partial charge in [-0.1, -0.05) is 25.7 Å². The molecule has 0 aliphatic heterocycles. The largest absolute Gasteiger partial charge is 0.391 e. The van der Waals surface area contributed by atoms with E-state index in [1.165, 1.54) is 6.92 Å². The van der Waals surface area contributed by atoms with Gasteiger partial charge in [-0.2, -0.15) is 0 Å². The molecule has 0 heterocycles. The number of rotatable bonds is 3. The molecule has 0 bridgehead atoms. The molecule has 1 fully saturated rings. The molecule has 1 saturated carbocycles. The van der Waals surface area contributed by atoms with Crippen molar-refractivity contribution in [1.82, 2.24) is 10.6 Å². The van der Waals surface area contributed by atoms with Gasteiger partial charge in [0.1, 0.15) is 0 Å². The first-order valence-electron chi connectivity index (χ1n) is 6.31. The minimum Gasteiger partial charge on any atom is -0.391 e. The first kappa shape index (κ1) is 14.0. The second kappa shape index (κ2) is 7.27. The fourth-order valence-electron chi connectivity index (χ4n) is 2.10. The van der Waals surface area contributed by atoms with Crippen molar-refractivity contribution in [2.45, 2.75) is 57.6 Å². The van der Waals surface area contributed by atoms with Gasteiger partial charge in [0.2, 0.25) is 11.8 Å². The molecule has 0 aromatic rings. The maximum atomic E-state index is 11.5. The molecule has 3 N–H and O–H groups in total. The number of nitrogens with one attached hydrogen (secondary N) is 2. The summed E-state index contributed by atoms with van der Waals surface area (Å²) in [5.74, 6) is -0.455. The average Bonchev–Trinajstić information content (AvgIpc) is 2.26. The van der Waals surface area contributed by atoms with E-state index in [4.69, 9.17) is 0 Å². The van der Waals surface area contributed by atoms with Gasteiger partial charge in [-0.3, -0.25) is 9.59 Å². The first-order chi connectivity index (χ1) is 8.09. The molecule has 0 unspecified atom stereocenters. The molecule has 1 aliphatic carbocycles. The van der Waals surface area contributed by atoms with Crippen LogP contribution in [0.15, 0.2) is 0 Å². The highest BCUT2D eigenvalue weighted by atomic mass is 16.3. The van der Waals surface area contributed by atoms with Gasteiger partial charge in [0.05, 0.1) is 18.7 Å². The Morgan fingerprint density at radius 1 is 1.18 bits per heavy atom. The smallest absolute Gasteiger partial charge is 0.239 e. The van der Waals surface area contributed by atoms with Crippen LogP contribution < -0.4 is 10.6 Å². The number of aliphatic hydroxyl groups is 1. The number of hydrogen-bond donors (Lipinski definition) is 3. The van der Waals surface area contributed by atoms with E-state index < -0.39 is 6.10 Å². The standard InChI is InChI=1S/C12H22N2O3/c1-9(15)13-8-12(17)14-10-6-4-2-3-5-7-11(10)16/h10-11,16H,2-8H2,1H3,(H,13,15)(H,14,17)/t10-,11-/m0/s1. The molecule has 0 radical (unpaired) electrons. The SMILES string of the molecule is CC(=O)NCC(=O)N[C@H]1CCCCCC[C@@H]1O. The van der Waals surface area contributed by atoms with E-state index in [0.29, 0.717) is 0 Å². The van der Waals surface area contributed by atoms with E-state index in [1.807, 2.05) is 0 Å². The lowest BCUT2D eigenvalue weighted by Crippen LogP contribution is -2.47. The van der Waals surface area contributed by atoms with E-state index in [9.17, 15) is 14.7 Å². The van der Waals surface area contributed by atoms with Crippen LogP contribution in [0.5, 0.6) is 0 Å². The second-order valence-corrected chi connectivity index (χ2v) is 4.64. The highest BCUT2D eigenvalue weighted by molar-refractivity contribution is 5.83. The predicted molar refractivity (Wildman–Crippen MR) is 64.3 cm³/mol. The summed E-state index contributed by atoms with van der Waals surface area (Å²) in [5.41, 5.74) is 0. The zero-order valence-corrected chi connectivity index (χ0v) is 10.4. The van der Waals surface area contributed by atoms with E-state index in [-0.39, 0.29) is 24.4 Å². The Hall–Kier alpha value is -1.10. The number of amides is 2. The fourth-order valence-corrected chi connectivity index (χ4v) is 2.10. The van der Waals surface area contributed by atoms with Crippen LogP contribution in [0.3, 0.4) is 0 Å². The summed E-state index contributed by atoms with van der Waals surface area (Å²) in [6, 6.07) is -0.170. The van der Waals surface area contributed by atoms with Gasteiger partial charge >= 0.3 is 0 Å². The Morgan fingerprint density at radius 2 is 1.82 bits per heavy atom. The predicted octanol–water partition coefficient (Wildman–Crippen LogP) is 0.322. The Morgan fingerprint density at radius 3 is 2.47 bits per heavy atom. The minimum atomic E-state index is -0.462. The van der Waals surface area contributed by atoms with Crippen molar-refractivity contribution < 1.29 is 14.7 Å². The van der Waals surface area contributed by atoms with Crippen molar-refractivity contribution in [3.63, 3.8) is 0 Å². The number of carbonyl (C=O) groups excluding carboxylic acids is 2. The third-order valence-electron chi connectivity index (χ3n) is 3.07. The molecule has 17 heavy (non-hydrogen) atoms. The fraction of sp³-hybridized carbons (Fsp3) is 0.833. The maximum Gasteiger partial charge on any atom is 0.239 e. The summed E-state index contributed by atoms with van der Waals surface area (Å²) in [6.07, 6.45) is 5.45. The Bertz CT molecular complexity index is 268. The molecule has 5 nitrogen and oxygen atoms in total. The molecular formula is C12H22N2O3. The van der Waals surface area contributed by atoms with Crippen molar-refractivity contribution in [2.75, 3.05) is 6.54 Å². The van der Waals surface area contributed by atoms with Gasteiger partial charge in [-0.25, -0.2) is 0 Å². The monoisotopic (exact) mass is 242 g/mol. The second-order valence-electron chi connectivity index (χ2n) is 4.64. The molecule has 2 atom stereocenters. The van der Waals surface area contributed by atoms with E-state index in [2.05, 4.69) is 10.6 Å². The number of carbonyl (C=O) groups is 2. The zero-order valence-electron chi connectivity index (χ0n) is 10.4. The molecule has 0 aromatic heterocycles. The molecule has 98 valence electrons. The van der Waals surface area contributed by atoms with Crippen molar-refractivity contribution in [2.24, 2.45) is 0 Å². The highest BCUT2D eigenvalue weighted by Crippen LogP contribution is 2.17. The topological polar surface area (TPSA) is 78.4 Å². The zero-order chi connectivity index (χ0) is 12.7. The molecule has 1 rings (SSSR count). The number of hydrogen-bond acceptors (Lipinski definition) is 3. The van der Waals surface area contributed by atoms with E-state index >= 15 is 0 Å². The van der Waals surface area contributed by atoms with Crippen LogP contribution in [0.25, 0.3) is 0 Å². The van der Waals surface area contributed by atoms with Gasteiger partial charge in [0.25, 0.3) is 0 Å². The van der Waals surface area contributed by atoms with Crippen molar-refractivity contribution >= 4 is 11.8 Å². The highest BCUT2D eigenvalue weighted by Gasteiger charge is 2.22. The van der Waals surface area contributed by atoms with Crippen molar-refractivity contribution in [3.8, 4) is 0 Å². The van der Waals surface area contributed by atoms with Crippen LogP contribution >= 0.6 is 0 Å². The van der Waals surface area contributed by atoms with Crippen LogP contribution in [0, 0.1) is 0 Å². The minimum absolute atomic E-state index is 0.0153. The lowest BCUT2D eigenvalue weighted by molar-refractivity contribution is -0.126. The van der Waals surface area contributed by atoms with Gasteiger partial charge < -0.3 is 15.7 Å². The van der Waals surface area contributed by atoms with Crippen LogP contribution in [0.2, 0.25) is 0 Å². The summed E-state index contributed by atoms with van der Waals surface area (Å²) < 4.78 is 0. The summed E-state index contributed by atoms with van der Waals surface area (Å²) in [4.78, 5) is 22.2. The van der Waals surface area contributed by atoms with Crippen LogP contribution in [-0.2, 0) is 9.59 Å². The Kier molecular flexibility index (Phi) is 5.97. The van der Waals surface area contributed by atoms with Gasteiger partial charge in [0.15, 0.2) is 0 Å². The molecular weight excluding hydrogens is 220 g/mol. The normalized spacial score (nSPS) is 25.5. The molecule has 5 heteroatoms. The molecule has 2 amide bonds. The van der Waals surface area contributed by atoms with Gasteiger partial charge in [0, 0.05) is 6.92 Å². The number of aliphatic hydroxyl groups excluding tert-OH is 1. The first-order valence-corrected chi connectivity index (χ1v) is 6.31. The quantitative estimate of drug-likeness (QED) is 0.667. The van der Waals surface area contributed by atoms with Crippen LogP contribution in [0.4, 0.5) is 0 Å². The third-order valence-corrected chi connectivity index (χ3v) is 3.07. The Balaban J connectivity index is 2.35. The van der Waals surface area contributed by atoms with E-state index in [0.717, 1.165) is 38.5 Å². The summed E-state index contributed by atoms with van der Waals surface area (Å²) >= 11 is 0. The van der Waals surface area contributed by atoms with Crippen LogP contribution in [0.1, 0.15) is 45.4 Å². The van der Waals surface area contributed by atoms with Gasteiger partial charge in [-0.05, 0) is 12.8 Å². The maximum absolute atomic E-state index is 11.5. The summed E-state index contributed by atoms with van der Waals surface area (Å²) in [7, 11) is 0. The Labute approximate surface area is 102 Å². The third kappa shape index (κ3) is 5.68. The van der Waals surface area contributed by atoms with Crippen molar-refractivity contribution in [3.05, 3.63) is 0 Å². The van der Waals surface area contributed by atoms with E-state index in [1.54, 1.807) is 0 Å². The van der Waals surface area contributed by atoms with Crippen LogP contribution in [-0.4, -0.2) is 35.6 Å². The lowest BCUT2D eigenvalue weighted by atomic mass is 9.94. The molecule has 0 saturated heterocycles.